The van der Waals surface area contributed by atoms with Crippen molar-refractivity contribution in [2.24, 2.45) is 5.73 Å². The topological polar surface area (TPSA) is 35.2 Å². The van der Waals surface area contributed by atoms with Crippen molar-refractivity contribution in [3.05, 3.63) is 34.9 Å². The standard InChI is InChI=1S/C16H25NO/c1-11-6-7-13(15(3,4)5)8-14(11)16(12(2)17)9-18-10-16/h6-8,12H,9-10,17H2,1-5H3. The van der Waals surface area contributed by atoms with Gasteiger partial charge in [-0.15, -0.1) is 0 Å². The number of hydrogen-bond acceptors (Lipinski definition) is 2. The Kier molecular flexibility index (Phi) is 3.28. The molecular weight excluding hydrogens is 222 g/mol. The van der Waals surface area contributed by atoms with Crippen molar-refractivity contribution in [2.45, 2.75) is 51.5 Å². The van der Waals surface area contributed by atoms with E-state index in [-0.39, 0.29) is 16.9 Å². The first-order chi connectivity index (χ1) is 8.27. The smallest absolute Gasteiger partial charge is 0.0600 e. The van der Waals surface area contributed by atoms with Crippen LogP contribution in [-0.4, -0.2) is 19.3 Å². The molecule has 1 aliphatic rings. The van der Waals surface area contributed by atoms with E-state index < -0.39 is 0 Å². The molecule has 1 fully saturated rings. The van der Waals surface area contributed by atoms with Crippen LogP contribution in [0, 0.1) is 6.92 Å². The van der Waals surface area contributed by atoms with E-state index >= 15 is 0 Å². The fraction of sp³-hybridized carbons (Fsp3) is 0.625. The largest absolute Gasteiger partial charge is 0.379 e. The molecule has 1 saturated heterocycles. The third-order valence-corrected chi connectivity index (χ3v) is 4.23. The highest BCUT2D eigenvalue weighted by atomic mass is 16.5. The highest BCUT2D eigenvalue weighted by Gasteiger charge is 2.44. The van der Waals surface area contributed by atoms with E-state index in [1.807, 2.05) is 0 Å². The Hall–Kier alpha value is -0.860. The maximum absolute atomic E-state index is 6.21. The van der Waals surface area contributed by atoms with E-state index in [1.165, 1.54) is 16.7 Å². The molecule has 0 aromatic heterocycles. The molecule has 1 atom stereocenters. The SMILES string of the molecule is Cc1ccc(C(C)(C)C)cc1C1(C(C)N)COC1. The summed E-state index contributed by atoms with van der Waals surface area (Å²) >= 11 is 0. The van der Waals surface area contributed by atoms with Crippen LogP contribution in [0.1, 0.15) is 44.4 Å². The summed E-state index contributed by atoms with van der Waals surface area (Å²) in [5.41, 5.74) is 10.5. The lowest BCUT2D eigenvalue weighted by molar-refractivity contribution is -0.0705. The van der Waals surface area contributed by atoms with Crippen LogP contribution in [-0.2, 0) is 15.6 Å². The third kappa shape index (κ3) is 2.08. The summed E-state index contributed by atoms with van der Waals surface area (Å²) in [5.74, 6) is 0. The highest BCUT2D eigenvalue weighted by molar-refractivity contribution is 5.42. The second-order valence-electron chi connectivity index (χ2n) is 6.72. The average molecular weight is 247 g/mol. The molecule has 0 radical (unpaired) electrons. The number of nitrogens with two attached hydrogens (primary N) is 1. The molecule has 18 heavy (non-hydrogen) atoms. The van der Waals surface area contributed by atoms with Crippen molar-refractivity contribution >= 4 is 0 Å². The molecule has 2 heteroatoms. The van der Waals surface area contributed by atoms with Gasteiger partial charge in [0, 0.05) is 6.04 Å². The van der Waals surface area contributed by atoms with Crippen LogP contribution in [0.2, 0.25) is 0 Å². The van der Waals surface area contributed by atoms with Crippen LogP contribution in [0.25, 0.3) is 0 Å². The predicted molar refractivity (Wildman–Crippen MR) is 76.0 cm³/mol. The van der Waals surface area contributed by atoms with Gasteiger partial charge in [0.1, 0.15) is 0 Å². The van der Waals surface area contributed by atoms with Gasteiger partial charge in [0.2, 0.25) is 0 Å². The zero-order valence-electron chi connectivity index (χ0n) is 12.2. The fourth-order valence-electron chi connectivity index (χ4n) is 2.61. The lowest BCUT2D eigenvalue weighted by atomic mass is 9.70. The van der Waals surface area contributed by atoms with Crippen molar-refractivity contribution in [1.82, 2.24) is 0 Å². The minimum absolute atomic E-state index is 0.0192. The van der Waals surface area contributed by atoms with Gasteiger partial charge in [-0.25, -0.2) is 0 Å². The number of benzene rings is 1. The van der Waals surface area contributed by atoms with Gasteiger partial charge >= 0.3 is 0 Å². The maximum atomic E-state index is 6.21. The van der Waals surface area contributed by atoms with E-state index in [1.54, 1.807) is 0 Å². The summed E-state index contributed by atoms with van der Waals surface area (Å²) < 4.78 is 5.45. The van der Waals surface area contributed by atoms with Gasteiger partial charge in [0.15, 0.2) is 0 Å². The first kappa shape index (κ1) is 13.6. The maximum Gasteiger partial charge on any atom is 0.0600 e. The van der Waals surface area contributed by atoms with E-state index in [0.717, 1.165) is 13.2 Å². The van der Waals surface area contributed by atoms with E-state index in [2.05, 4.69) is 52.8 Å². The Morgan fingerprint density at radius 2 is 1.89 bits per heavy atom. The van der Waals surface area contributed by atoms with Crippen LogP contribution in [0.15, 0.2) is 18.2 Å². The molecular formula is C16H25NO. The summed E-state index contributed by atoms with van der Waals surface area (Å²) in [6.07, 6.45) is 0. The Morgan fingerprint density at radius 1 is 1.28 bits per heavy atom. The molecule has 1 aliphatic heterocycles. The summed E-state index contributed by atoms with van der Waals surface area (Å²) in [6, 6.07) is 6.91. The summed E-state index contributed by atoms with van der Waals surface area (Å²) in [6.45, 7) is 12.5. The van der Waals surface area contributed by atoms with Crippen LogP contribution < -0.4 is 5.73 Å². The van der Waals surface area contributed by atoms with Crippen molar-refractivity contribution < 1.29 is 4.74 Å². The number of rotatable bonds is 2. The minimum atomic E-state index is 0.0192. The van der Waals surface area contributed by atoms with Gasteiger partial charge in [0.25, 0.3) is 0 Å². The number of ether oxygens (including phenoxy) is 1. The van der Waals surface area contributed by atoms with Gasteiger partial charge in [-0.3, -0.25) is 0 Å². The lowest BCUT2D eigenvalue weighted by Gasteiger charge is -2.46. The molecule has 2 N–H and O–H groups in total. The summed E-state index contributed by atoms with van der Waals surface area (Å²) in [4.78, 5) is 0. The van der Waals surface area contributed by atoms with Gasteiger partial charge in [0.05, 0.1) is 18.6 Å². The Morgan fingerprint density at radius 3 is 2.28 bits per heavy atom. The Labute approximate surface area is 111 Å². The minimum Gasteiger partial charge on any atom is -0.379 e. The fourth-order valence-corrected chi connectivity index (χ4v) is 2.61. The van der Waals surface area contributed by atoms with Crippen LogP contribution in [0.5, 0.6) is 0 Å². The Bertz CT molecular complexity index is 439. The van der Waals surface area contributed by atoms with Crippen LogP contribution >= 0.6 is 0 Å². The number of hydrogen-bond donors (Lipinski definition) is 1. The van der Waals surface area contributed by atoms with Crippen LogP contribution in [0.3, 0.4) is 0 Å². The predicted octanol–water partition coefficient (Wildman–Crippen LogP) is 2.91. The molecule has 2 rings (SSSR count). The molecule has 1 aromatic rings. The number of aryl methyl sites for hydroxylation is 1. The van der Waals surface area contributed by atoms with Gasteiger partial charge < -0.3 is 10.5 Å². The van der Waals surface area contributed by atoms with Crippen molar-refractivity contribution in [1.29, 1.82) is 0 Å². The van der Waals surface area contributed by atoms with E-state index in [9.17, 15) is 0 Å². The molecule has 100 valence electrons. The third-order valence-electron chi connectivity index (χ3n) is 4.23. The van der Waals surface area contributed by atoms with Crippen molar-refractivity contribution in [2.75, 3.05) is 13.2 Å². The molecule has 2 nitrogen and oxygen atoms in total. The van der Waals surface area contributed by atoms with Crippen molar-refractivity contribution in [3.63, 3.8) is 0 Å². The van der Waals surface area contributed by atoms with Crippen molar-refractivity contribution in [3.8, 4) is 0 Å². The average Bonchev–Trinajstić information content (AvgIpc) is 2.16. The molecule has 1 heterocycles. The van der Waals surface area contributed by atoms with Gasteiger partial charge in [-0.2, -0.15) is 0 Å². The van der Waals surface area contributed by atoms with Gasteiger partial charge in [-0.05, 0) is 36.0 Å². The lowest BCUT2D eigenvalue weighted by Crippen LogP contribution is -2.58. The molecule has 0 aliphatic carbocycles. The first-order valence-electron chi connectivity index (χ1n) is 6.72. The Balaban J connectivity index is 2.50. The normalized spacial score (nSPS) is 20.3. The van der Waals surface area contributed by atoms with Gasteiger partial charge in [-0.1, -0.05) is 39.0 Å². The summed E-state index contributed by atoms with van der Waals surface area (Å²) in [7, 11) is 0. The zero-order valence-corrected chi connectivity index (χ0v) is 12.2. The molecule has 0 saturated carbocycles. The molecule has 1 unspecified atom stereocenters. The van der Waals surface area contributed by atoms with E-state index in [4.69, 9.17) is 10.5 Å². The quantitative estimate of drug-likeness (QED) is 0.872. The molecule has 1 aromatic carbocycles. The second-order valence-corrected chi connectivity index (χ2v) is 6.72. The zero-order chi connectivity index (χ0) is 13.6. The molecule has 0 amide bonds. The monoisotopic (exact) mass is 247 g/mol. The second kappa shape index (κ2) is 4.36. The molecule has 0 spiro atoms. The first-order valence-corrected chi connectivity index (χ1v) is 6.72. The van der Waals surface area contributed by atoms with Crippen LogP contribution in [0.4, 0.5) is 0 Å². The summed E-state index contributed by atoms with van der Waals surface area (Å²) in [5, 5.41) is 0. The van der Waals surface area contributed by atoms with E-state index in [0.29, 0.717) is 0 Å². The highest BCUT2D eigenvalue weighted by Crippen LogP contribution is 2.38. The molecule has 0 bridgehead atoms.